The van der Waals surface area contributed by atoms with Crippen molar-refractivity contribution in [1.29, 1.82) is 0 Å². The lowest BCUT2D eigenvalue weighted by Crippen LogP contribution is -2.71. The van der Waals surface area contributed by atoms with Crippen molar-refractivity contribution in [1.82, 2.24) is 9.80 Å². The first kappa shape index (κ1) is 13.1. The fourth-order valence-corrected chi connectivity index (χ4v) is 2.84. The summed E-state index contributed by atoms with van der Waals surface area (Å²) in [5, 5.41) is 0. The van der Waals surface area contributed by atoms with Crippen LogP contribution in [0.15, 0.2) is 12.7 Å². The first-order valence-corrected chi connectivity index (χ1v) is 6.41. The molecule has 3 fully saturated rings. The number of hydrogen-bond donors (Lipinski definition) is 0. The van der Waals surface area contributed by atoms with Gasteiger partial charge in [-0.15, -0.1) is 0 Å². The van der Waals surface area contributed by atoms with E-state index in [2.05, 4.69) is 18.4 Å². The number of rotatable bonds is 4. The Bertz CT molecular complexity index is 357. The molecular weight excluding hydrogens is 232 g/mol. The number of likely N-dealkylation sites (N-methyl/N-ethyl adjacent to an activating group) is 1. The summed E-state index contributed by atoms with van der Waals surface area (Å²) in [7, 11) is 0. The molecule has 0 aliphatic carbocycles. The van der Waals surface area contributed by atoms with E-state index in [0.29, 0.717) is 0 Å². The fourth-order valence-electron chi connectivity index (χ4n) is 2.84. The Morgan fingerprint density at radius 2 is 2.06 bits per heavy atom. The predicted molar refractivity (Wildman–Crippen MR) is 66.9 cm³/mol. The quantitative estimate of drug-likeness (QED) is 0.537. The van der Waals surface area contributed by atoms with Crippen molar-refractivity contribution in [2.45, 2.75) is 38.5 Å². The van der Waals surface area contributed by atoms with Crippen LogP contribution < -0.4 is 0 Å². The van der Waals surface area contributed by atoms with Crippen molar-refractivity contribution in [3.63, 3.8) is 0 Å². The zero-order chi connectivity index (χ0) is 13.3. The molecule has 3 heterocycles. The molecule has 1 amide bonds. The number of amides is 1. The van der Waals surface area contributed by atoms with Gasteiger partial charge in [-0.1, -0.05) is 13.5 Å². The first-order chi connectivity index (χ1) is 8.56. The van der Waals surface area contributed by atoms with Crippen molar-refractivity contribution in [3.8, 4) is 0 Å². The molecule has 3 atom stereocenters. The molecule has 0 spiro atoms. The molecule has 2 bridgehead atoms. The van der Waals surface area contributed by atoms with Crippen LogP contribution in [0.3, 0.4) is 0 Å². The summed E-state index contributed by atoms with van der Waals surface area (Å²) in [6.45, 7) is 9.85. The second-order valence-electron chi connectivity index (χ2n) is 4.91. The SMILES string of the molecule is C=C[C@H](OC(C)=O)C(=O)N1C2CC1CN(CC)C2. The van der Waals surface area contributed by atoms with E-state index in [1.54, 1.807) is 0 Å². The molecule has 0 aromatic rings. The van der Waals surface area contributed by atoms with E-state index >= 15 is 0 Å². The molecule has 3 saturated heterocycles. The van der Waals surface area contributed by atoms with Crippen LogP contribution in [-0.4, -0.2) is 59.5 Å². The summed E-state index contributed by atoms with van der Waals surface area (Å²) in [4.78, 5) is 27.4. The van der Waals surface area contributed by atoms with E-state index in [1.165, 1.54) is 13.0 Å². The molecule has 100 valence electrons. The fraction of sp³-hybridized carbons (Fsp3) is 0.692. The average Bonchev–Trinajstić information content (AvgIpc) is 2.35. The van der Waals surface area contributed by atoms with Crippen molar-refractivity contribution in [2.75, 3.05) is 19.6 Å². The lowest BCUT2D eigenvalue weighted by Gasteiger charge is -2.56. The molecular formula is C13H20N2O3. The predicted octanol–water partition coefficient (Wildman–Crippen LogP) is 0.409. The van der Waals surface area contributed by atoms with Gasteiger partial charge >= 0.3 is 5.97 Å². The van der Waals surface area contributed by atoms with E-state index in [0.717, 1.165) is 26.1 Å². The highest BCUT2D eigenvalue weighted by molar-refractivity contribution is 5.86. The molecule has 3 aliphatic heterocycles. The van der Waals surface area contributed by atoms with Crippen LogP contribution in [0.5, 0.6) is 0 Å². The lowest BCUT2D eigenvalue weighted by atomic mass is 9.86. The third-order valence-electron chi connectivity index (χ3n) is 3.72. The van der Waals surface area contributed by atoms with Gasteiger partial charge in [0.05, 0.1) is 0 Å². The summed E-state index contributed by atoms with van der Waals surface area (Å²) < 4.78 is 4.97. The maximum atomic E-state index is 12.3. The Kier molecular flexibility index (Phi) is 3.71. The number of piperidine rings is 1. The molecule has 2 unspecified atom stereocenters. The van der Waals surface area contributed by atoms with Crippen molar-refractivity contribution >= 4 is 11.9 Å². The van der Waals surface area contributed by atoms with Crippen LogP contribution >= 0.6 is 0 Å². The van der Waals surface area contributed by atoms with Gasteiger partial charge in [-0.05, 0) is 19.0 Å². The van der Waals surface area contributed by atoms with Gasteiger partial charge in [0.25, 0.3) is 5.91 Å². The molecule has 5 heteroatoms. The minimum Gasteiger partial charge on any atom is -0.448 e. The largest absolute Gasteiger partial charge is 0.448 e. The third-order valence-corrected chi connectivity index (χ3v) is 3.72. The van der Waals surface area contributed by atoms with Gasteiger partial charge < -0.3 is 9.64 Å². The minimum atomic E-state index is -0.832. The van der Waals surface area contributed by atoms with Gasteiger partial charge in [0.15, 0.2) is 6.10 Å². The highest BCUT2D eigenvalue weighted by Crippen LogP contribution is 2.33. The highest BCUT2D eigenvalue weighted by atomic mass is 16.5. The average molecular weight is 252 g/mol. The molecule has 3 aliphatic rings. The lowest BCUT2D eigenvalue weighted by molar-refractivity contribution is -0.169. The smallest absolute Gasteiger partial charge is 0.303 e. The number of fused-ring (bicyclic) bond motifs is 2. The molecule has 0 radical (unpaired) electrons. The van der Waals surface area contributed by atoms with Gasteiger partial charge in [-0.2, -0.15) is 0 Å². The summed E-state index contributed by atoms with van der Waals surface area (Å²) in [6.07, 6.45) is 1.63. The zero-order valence-corrected chi connectivity index (χ0v) is 11.0. The van der Waals surface area contributed by atoms with E-state index in [-0.39, 0.29) is 18.0 Å². The number of hydrogen-bond acceptors (Lipinski definition) is 4. The Hall–Kier alpha value is -1.36. The Labute approximate surface area is 107 Å². The third kappa shape index (κ3) is 2.27. The van der Waals surface area contributed by atoms with Gasteiger partial charge in [0.1, 0.15) is 0 Å². The number of ether oxygens (including phenoxy) is 1. The van der Waals surface area contributed by atoms with Crippen LogP contribution in [0, 0.1) is 0 Å². The van der Waals surface area contributed by atoms with Crippen LogP contribution in [0.25, 0.3) is 0 Å². The zero-order valence-electron chi connectivity index (χ0n) is 11.0. The van der Waals surface area contributed by atoms with Gasteiger partial charge in [-0.25, -0.2) is 0 Å². The molecule has 5 nitrogen and oxygen atoms in total. The van der Waals surface area contributed by atoms with E-state index in [9.17, 15) is 9.59 Å². The number of nitrogens with zero attached hydrogens (tertiary/aromatic N) is 2. The second-order valence-corrected chi connectivity index (χ2v) is 4.91. The van der Waals surface area contributed by atoms with E-state index in [4.69, 9.17) is 4.74 Å². The van der Waals surface area contributed by atoms with Crippen LogP contribution in [-0.2, 0) is 14.3 Å². The highest BCUT2D eigenvalue weighted by Gasteiger charge is 2.48. The molecule has 0 saturated carbocycles. The molecule has 0 aromatic heterocycles. The number of esters is 1. The maximum Gasteiger partial charge on any atom is 0.303 e. The van der Waals surface area contributed by atoms with Gasteiger partial charge in [0.2, 0.25) is 0 Å². The molecule has 3 rings (SSSR count). The molecule has 0 N–H and O–H groups in total. The Morgan fingerprint density at radius 1 is 1.44 bits per heavy atom. The molecule has 0 aromatic carbocycles. The second kappa shape index (κ2) is 5.10. The monoisotopic (exact) mass is 252 g/mol. The summed E-state index contributed by atoms with van der Waals surface area (Å²) >= 11 is 0. The maximum absolute atomic E-state index is 12.3. The first-order valence-electron chi connectivity index (χ1n) is 6.41. The van der Waals surface area contributed by atoms with Crippen molar-refractivity contribution in [2.24, 2.45) is 0 Å². The molecule has 18 heavy (non-hydrogen) atoms. The van der Waals surface area contributed by atoms with E-state index in [1.807, 2.05) is 4.90 Å². The normalized spacial score (nSPS) is 28.2. The van der Waals surface area contributed by atoms with Crippen LogP contribution in [0.4, 0.5) is 0 Å². The topological polar surface area (TPSA) is 49.9 Å². The summed E-state index contributed by atoms with van der Waals surface area (Å²) in [5.74, 6) is -0.577. The Morgan fingerprint density at radius 3 is 2.50 bits per heavy atom. The van der Waals surface area contributed by atoms with Crippen molar-refractivity contribution in [3.05, 3.63) is 12.7 Å². The van der Waals surface area contributed by atoms with Crippen molar-refractivity contribution < 1.29 is 14.3 Å². The van der Waals surface area contributed by atoms with Gasteiger partial charge in [-0.3, -0.25) is 14.5 Å². The number of piperazine rings is 1. The number of carbonyl (C=O) groups is 2. The van der Waals surface area contributed by atoms with Gasteiger partial charge in [0, 0.05) is 32.1 Å². The minimum absolute atomic E-state index is 0.128. The Balaban J connectivity index is 1.98. The summed E-state index contributed by atoms with van der Waals surface area (Å²) in [6, 6.07) is 0.545. The number of carbonyl (C=O) groups excluding carboxylic acids is 2. The van der Waals surface area contributed by atoms with E-state index < -0.39 is 12.1 Å². The van der Waals surface area contributed by atoms with Crippen LogP contribution in [0.2, 0.25) is 0 Å². The van der Waals surface area contributed by atoms with Crippen LogP contribution in [0.1, 0.15) is 20.3 Å². The summed E-state index contributed by atoms with van der Waals surface area (Å²) in [5.41, 5.74) is 0. The standard InChI is InChI=1S/C13H20N2O3/c1-4-12(18-9(3)16)13(17)15-10-6-11(15)8-14(5-2)7-10/h4,10-12H,1,5-8H2,2-3H3/t10?,11?,12-/m0/s1.